The Morgan fingerprint density at radius 2 is 2.00 bits per heavy atom. The summed E-state index contributed by atoms with van der Waals surface area (Å²) in [4.78, 5) is 13.7. The fourth-order valence-corrected chi connectivity index (χ4v) is 2.62. The number of amides is 2. The fraction of sp³-hybridized carbons (Fsp3) is 0.909. The van der Waals surface area contributed by atoms with Crippen LogP contribution in [0.5, 0.6) is 0 Å². The zero-order valence-corrected chi connectivity index (χ0v) is 9.11. The van der Waals surface area contributed by atoms with E-state index >= 15 is 0 Å². The van der Waals surface area contributed by atoms with Crippen LogP contribution in [-0.2, 0) is 0 Å². The number of likely N-dealkylation sites (tertiary alicyclic amines) is 1. The predicted octanol–water partition coefficient (Wildman–Crippen LogP) is 1.10. The smallest absolute Gasteiger partial charge is 0.317 e. The van der Waals surface area contributed by atoms with Gasteiger partial charge in [-0.15, -0.1) is 0 Å². The topological polar surface area (TPSA) is 52.6 Å². The van der Waals surface area contributed by atoms with Gasteiger partial charge in [0.25, 0.3) is 0 Å². The minimum atomic E-state index is 0.0263. The van der Waals surface area contributed by atoms with Gasteiger partial charge in [-0.05, 0) is 25.7 Å². The number of aliphatic hydroxyl groups excluding tert-OH is 1. The summed E-state index contributed by atoms with van der Waals surface area (Å²) in [5.41, 5.74) is 0. The van der Waals surface area contributed by atoms with Crippen LogP contribution in [0.1, 0.15) is 38.5 Å². The Bertz CT molecular complexity index is 227. The highest BCUT2D eigenvalue weighted by Gasteiger charge is 2.29. The quantitative estimate of drug-likeness (QED) is 0.720. The van der Waals surface area contributed by atoms with Crippen molar-refractivity contribution in [1.29, 1.82) is 0 Å². The molecule has 4 nitrogen and oxygen atoms in total. The number of rotatable bonds is 2. The molecule has 1 saturated heterocycles. The van der Waals surface area contributed by atoms with Crippen molar-refractivity contribution in [2.45, 2.75) is 50.6 Å². The summed E-state index contributed by atoms with van der Waals surface area (Å²) in [6.45, 7) is 0.891. The first-order chi connectivity index (χ1) is 7.31. The number of carbonyl (C=O) groups is 1. The number of urea groups is 1. The number of nitrogens with one attached hydrogen (secondary N) is 1. The molecule has 2 amide bonds. The number of hydrogen-bond donors (Lipinski definition) is 2. The van der Waals surface area contributed by atoms with E-state index in [4.69, 9.17) is 5.11 Å². The SMILES string of the molecule is O=C(NC1CCCC1)N1CCC[C@@H]1CO. The average Bonchev–Trinajstić information content (AvgIpc) is 2.86. The van der Waals surface area contributed by atoms with Gasteiger partial charge in [-0.2, -0.15) is 0 Å². The van der Waals surface area contributed by atoms with E-state index in [-0.39, 0.29) is 18.7 Å². The molecule has 0 radical (unpaired) electrons. The van der Waals surface area contributed by atoms with Gasteiger partial charge in [0.1, 0.15) is 0 Å². The van der Waals surface area contributed by atoms with E-state index < -0.39 is 0 Å². The van der Waals surface area contributed by atoms with Crippen molar-refractivity contribution in [2.24, 2.45) is 0 Å². The van der Waals surface area contributed by atoms with E-state index in [1.54, 1.807) is 4.90 Å². The minimum Gasteiger partial charge on any atom is -0.394 e. The Morgan fingerprint density at radius 3 is 2.67 bits per heavy atom. The van der Waals surface area contributed by atoms with Gasteiger partial charge < -0.3 is 15.3 Å². The lowest BCUT2D eigenvalue weighted by Gasteiger charge is -2.25. The molecule has 1 aliphatic carbocycles. The molecule has 0 aromatic heterocycles. The zero-order chi connectivity index (χ0) is 10.7. The van der Waals surface area contributed by atoms with Gasteiger partial charge in [-0.1, -0.05) is 12.8 Å². The van der Waals surface area contributed by atoms with Crippen LogP contribution in [0.4, 0.5) is 4.79 Å². The number of aliphatic hydroxyl groups is 1. The molecule has 2 fully saturated rings. The van der Waals surface area contributed by atoms with E-state index in [1.807, 2.05) is 0 Å². The van der Waals surface area contributed by atoms with Crippen LogP contribution < -0.4 is 5.32 Å². The molecular weight excluding hydrogens is 192 g/mol. The highest BCUT2D eigenvalue weighted by molar-refractivity contribution is 5.75. The first kappa shape index (κ1) is 10.7. The first-order valence-corrected chi connectivity index (χ1v) is 5.99. The normalized spacial score (nSPS) is 27.3. The van der Waals surface area contributed by atoms with Gasteiger partial charge in [0.2, 0.25) is 0 Å². The van der Waals surface area contributed by atoms with Gasteiger partial charge in [0.15, 0.2) is 0 Å². The molecular formula is C11H20N2O2. The van der Waals surface area contributed by atoms with Crippen LogP contribution in [0.25, 0.3) is 0 Å². The molecule has 0 aromatic rings. The highest BCUT2D eigenvalue weighted by Crippen LogP contribution is 2.20. The Labute approximate surface area is 90.6 Å². The van der Waals surface area contributed by atoms with Gasteiger partial charge in [0, 0.05) is 12.6 Å². The lowest BCUT2D eigenvalue weighted by Crippen LogP contribution is -2.47. The summed E-state index contributed by atoms with van der Waals surface area (Å²) < 4.78 is 0. The zero-order valence-electron chi connectivity index (χ0n) is 9.11. The summed E-state index contributed by atoms with van der Waals surface area (Å²) in [5, 5.41) is 12.2. The van der Waals surface area contributed by atoms with E-state index in [0.717, 1.165) is 32.2 Å². The number of hydrogen-bond acceptors (Lipinski definition) is 2. The maximum atomic E-state index is 11.9. The summed E-state index contributed by atoms with van der Waals surface area (Å²) >= 11 is 0. The Kier molecular flexibility index (Phi) is 3.46. The van der Waals surface area contributed by atoms with Crippen LogP contribution >= 0.6 is 0 Å². The van der Waals surface area contributed by atoms with Crippen LogP contribution in [0, 0.1) is 0 Å². The highest BCUT2D eigenvalue weighted by atomic mass is 16.3. The summed E-state index contributed by atoms with van der Waals surface area (Å²) in [6.07, 6.45) is 6.65. The second kappa shape index (κ2) is 4.84. The van der Waals surface area contributed by atoms with Gasteiger partial charge in [-0.25, -0.2) is 4.79 Å². The third-order valence-corrected chi connectivity index (χ3v) is 3.53. The van der Waals surface area contributed by atoms with Gasteiger partial charge >= 0.3 is 6.03 Å². The first-order valence-electron chi connectivity index (χ1n) is 5.99. The van der Waals surface area contributed by atoms with E-state index in [0.29, 0.717) is 6.04 Å². The third kappa shape index (κ3) is 2.43. The largest absolute Gasteiger partial charge is 0.394 e. The minimum absolute atomic E-state index is 0.0263. The summed E-state index contributed by atoms with van der Waals surface area (Å²) in [7, 11) is 0. The van der Waals surface area contributed by atoms with Crippen LogP contribution in [0.2, 0.25) is 0 Å². The van der Waals surface area contributed by atoms with E-state index in [2.05, 4.69) is 5.32 Å². The molecule has 0 spiro atoms. The predicted molar refractivity (Wildman–Crippen MR) is 57.6 cm³/mol. The molecule has 0 bridgehead atoms. The third-order valence-electron chi connectivity index (χ3n) is 3.53. The average molecular weight is 212 g/mol. The second-order valence-electron chi connectivity index (χ2n) is 4.60. The maximum absolute atomic E-state index is 11.9. The number of carbonyl (C=O) groups excluding carboxylic acids is 1. The molecule has 86 valence electrons. The molecule has 0 unspecified atom stereocenters. The van der Waals surface area contributed by atoms with Gasteiger partial charge in [0.05, 0.1) is 12.6 Å². The Hall–Kier alpha value is -0.770. The summed E-state index contributed by atoms with van der Waals surface area (Å²) in [5.74, 6) is 0. The van der Waals surface area contributed by atoms with E-state index in [1.165, 1.54) is 12.8 Å². The molecule has 1 heterocycles. The van der Waals surface area contributed by atoms with Crippen LogP contribution in [0.15, 0.2) is 0 Å². The van der Waals surface area contributed by atoms with Crippen molar-refractivity contribution in [1.82, 2.24) is 10.2 Å². The van der Waals surface area contributed by atoms with Crippen molar-refractivity contribution in [3.63, 3.8) is 0 Å². The molecule has 1 saturated carbocycles. The van der Waals surface area contributed by atoms with Crippen molar-refractivity contribution in [3.05, 3.63) is 0 Å². The van der Waals surface area contributed by atoms with Crippen molar-refractivity contribution < 1.29 is 9.90 Å². The standard InChI is InChI=1S/C11H20N2O2/c14-8-10-6-3-7-13(10)11(15)12-9-4-1-2-5-9/h9-10,14H,1-8H2,(H,12,15)/t10-/m1/s1. The van der Waals surface area contributed by atoms with Crippen LogP contribution in [-0.4, -0.2) is 41.3 Å². The number of nitrogens with zero attached hydrogens (tertiary/aromatic N) is 1. The molecule has 1 aliphatic heterocycles. The van der Waals surface area contributed by atoms with Crippen molar-refractivity contribution in [3.8, 4) is 0 Å². The lowest BCUT2D eigenvalue weighted by molar-refractivity contribution is 0.154. The van der Waals surface area contributed by atoms with Crippen molar-refractivity contribution in [2.75, 3.05) is 13.2 Å². The maximum Gasteiger partial charge on any atom is 0.317 e. The lowest BCUT2D eigenvalue weighted by atomic mass is 10.2. The molecule has 4 heteroatoms. The second-order valence-corrected chi connectivity index (χ2v) is 4.60. The molecule has 2 aliphatic rings. The van der Waals surface area contributed by atoms with Gasteiger partial charge in [-0.3, -0.25) is 0 Å². The Balaban J connectivity index is 1.83. The van der Waals surface area contributed by atoms with E-state index in [9.17, 15) is 4.79 Å². The fourth-order valence-electron chi connectivity index (χ4n) is 2.62. The molecule has 15 heavy (non-hydrogen) atoms. The molecule has 0 aromatic carbocycles. The Morgan fingerprint density at radius 1 is 1.27 bits per heavy atom. The summed E-state index contributed by atoms with van der Waals surface area (Å²) in [6, 6.07) is 0.447. The molecule has 2 N–H and O–H groups in total. The monoisotopic (exact) mass is 212 g/mol. The molecule has 2 rings (SSSR count). The van der Waals surface area contributed by atoms with Crippen molar-refractivity contribution >= 4 is 6.03 Å². The van der Waals surface area contributed by atoms with Crippen LogP contribution in [0.3, 0.4) is 0 Å². The molecule has 1 atom stereocenters.